The Morgan fingerprint density at radius 2 is 0.521 bits per heavy atom. The fourth-order valence-electron chi connectivity index (χ4n) is 10.7. The predicted molar refractivity (Wildman–Crippen MR) is 381 cm³/mol. The van der Waals surface area contributed by atoms with Crippen molar-refractivity contribution in [2.24, 2.45) is 0 Å². The van der Waals surface area contributed by atoms with Crippen LogP contribution in [0.2, 0.25) is 0 Å². The highest BCUT2D eigenvalue weighted by Gasteiger charge is 2.30. The lowest BCUT2D eigenvalue weighted by Gasteiger charge is -2.21. The highest BCUT2D eigenvalue weighted by atomic mass is 31.2. The summed E-state index contributed by atoms with van der Waals surface area (Å²) in [6.07, 6.45) is 62.7. The lowest BCUT2D eigenvalue weighted by Crippen LogP contribution is -2.30. The van der Waals surface area contributed by atoms with Crippen molar-refractivity contribution >= 4 is 39.5 Å². The predicted octanol–water partition coefficient (Wildman–Crippen LogP) is 21.6. The van der Waals surface area contributed by atoms with E-state index in [9.17, 15) is 43.2 Å². The Kier molecular flexibility index (Phi) is 66.8. The zero-order valence-electron chi connectivity index (χ0n) is 60.2. The second-order valence-corrected chi connectivity index (χ2v) is 28.9. The van der Waals surface area contributed by atoms with E-state index in [0.717, 1.165) is 122 Å². The summed E-state index contributed by atoms with van der Waals surface area (Å²) < 4.78 is 68.4. The molecular weight excluding hydrogens is 1230 g/mol. The van der Waals surface area contributed by atoms with E-state index in [1.54, 1.807) is 0 Å². The summed E-state index contributed by atoms with van der Waals surface area (Å²) in [5.74, 6) is -2.16. The van der Waals surface area contributed by atoms with Crippen molar-refractivity contribution in [2.45, 2.75) is 380 Å². The molecule has 0 saturated carbocycles. The first-order valence-corrected chi connectivity index (χ1v) is 41.2. The van der Waals surface area contributed by atoms with Gasteiger partial charge in [0, 0.05) is 25.7 Å². The van der Waals surface area contributed by atoms with Gasteiger partial charge in [0.05, 0.1) is 26.4 Å². The molecular formula is C75H140O17P2. The second kappa shape index (κ2) is 68.8. The molecule has 0 fully saturated rings. The normalized spacial score (nSPS) is 14.2. The zero-order valence-corrected chi connectivity index (χ0v) is 61.9. The molecule has 0 spiro atoms. The summed E-state index contributed by atoms with van der Waals surface area (Å²) in [5, 5.41) is 10.6. The van der Waals surface area contributed by atoms with Crippen LogP contribution in [0.5, 0.6) is 0 Å². The van der Waals surface area contributed by atoms with Gasteiger partial charge in [0.15, 0.2) is 12.2 Å². The minimum Gasteiger partial charge on any atom is -0.462 e. The van der Waals surface area contributed by atoms with Gasteiger partial charge in [0.1, 0.15) is 19.3 Å². The number of allylic oxidation sites excluding steroid dienone is 6. The number of rotatable bonds is 73. The van der Waals surface area contributed by atoms with E-state index in [4.69, 9.17) is 37.0 Å². The summed E-state index contributed by atoms with van der Waals surface area (Å²) in [4.78, 5) is 72.7. The summed E-state index contributed by atoms with van der Waals surface area (Å²) >= 11 is 0. The van der Waals surface area contributed by atoms with Crippen LogP contribution in [0.3, 0.4) is 0 Å². The van der Waals surface area contributed by atoms with E-state index >= 15 is 0 Å². The van der Waals surface area contributed by atoms with Gasteiger partial charge in [-0.3, -0.25) is 37.3 Å². The first-order valence-electron chi connectivity index (χ1n) is 38.2. The van der Waals surface area contributed by atoms with Gasteiger partial charge in [-0.1, -0.05) is 289 Å². The molecule has 19 heteroatoms. The summed E-state index contributed by atoms with van der Waals surface area (Å²) in [6.45, 7) is 4.88. The highest BCUT2D eigenvalue weighted by Crippen LogP contribution is 2.45. The third kappa shape index (κ3) is 67.8. The smallest absolute Gasteiger partial charge is 0.462 e. The maximum absolute atomic E-state index is 13.1. The Bertz CT molecular complexity index is 1930. The SMILES string of the molecule is CCCCC/C=C\C/C=C\CCCCCCCC(=O)O[C@H](COC(=O)CCCCCCCCCCCCCCC)COP(=O)(O)OC[C@H](O)COP(=O)(O)OC[C@@H](COC(=O)CCCCCCCCCCCCCCC)OC(=O)CCCCCCC/C=C\CCCCCC. The Balaban J connectivity index is 5.31. The number of aliphatic hydroxyl groups is 1. The van der Waals surface area contributed by atoms with Crippen LogP contribution >= 0.6 is 15.6 Å². The van der Waals surface area contributed by atoms with Gasteiger partial charge in [0.25, 0.3) is 0 Å². The van der Waals surface area contributed by atoms with Crippen molar-refractivity contribution in [2.75, 3.05) is 39.6 Å². The first kappa shape index (κ1) is 91.3. The summed E-state index contributed by atoms with van der Waals surface area (Å²) in [5.41, 5.74) is 0. The van der Waals surface area contributed by atoms with Crippen molar-refractivity contribution in [3.05, 3.63) is 36.5 Å². The van der Waals surface area contributed by atoms with Crippen LogP contribution in [0, 0.1) is 0 Å². The number of hydrogen-bond acceptors (Lipinski definition) is 15. The van der Waals surface area contributed by atoms with Crippen molar-refractivity contribution < 1.29 is 80.2 Å². The number of aliphatic hydroxyl groups excluding tert-OH is 1. The standard InChI is InChI=1S/C75H140O17P2/c1-5-9-13-17-21-25-29-33-34-38-42-46-50-54-58-62-75(80)92-71(66-86-73(78)60-56-52-48-44-40-36-31-27-23-19-15-11-7-3)68-90-94(83,84)88-64-69(76)63-87-93(81,82)89-67-70(91-74(79)61-57-53-49-45-41-37-32-28-24-20-16-12-8-4)65-85-72(77)59-55-51-47-43-39-35-30-26-22-18-14-10-6-2/h21,25,28,32-34,69-71,76H,5-20,22-24,26-27,29-31,35-68H2,1-4H3,(H,81,82)(H,83,84)/b25-21-,32-28-,34-33-/t69-,70-,71-/m1/s1. The molecule has 2 unspecified atom stereocenters. The van der Waals surface area contributed by atoms with Gasteiger partial charge in [0.2, 0.25) is 0 Å². The van der Waals surface area contributed by atoms with Crippen molar-refractivity contribution in [3.63, 3.8) is 0 Å². The van der Waals surface area contributed by atoms with Gasteiger partial charge in [-0.05, 0) is 83.5 Å². The second-order valence-electron chi connectivity index (χ2n) is 26.0. The molecule has 0 aromatic heterocycles. The number of phosphoric acid groups is 2. The Labute approximate surface area is 573 Å². The molecule has 0 heterocycles. The number of carbonyl (C=O) groups is 4. The number of phosphoric ester groups is 2. The van der Waals surface area contributed by atoms with E-state index in [0.29, 0.717) is 25.7 Å². The Morgan fingerprint density at radius 3 is 0.830 bits per heavy atom. The molecule has 0 amide bonds. The molecule has 0 saturated heterocycles. The molecule has 17 nitrogen and oxygen atoms in total. The van der Waals surface area contributed by atoms with E-state index in [2.05, 4.69) is 64.2 Å². The number of hydrogen-bond donors (Lipinski definition) is 3. The molecule has 0 bridgehead atoms. The number of carbonyl (C=O) groups excluding carboxylic acids is 4. The monoisotopic (exact) mass is 1370 g/mol. The molecule has 0 aliphatic carbocycles. The van der Waals surface area contributed by atoms with Crippen LogP contribution in [0.4, 0.5) is 0 Å². The summed E-state index contributed by atoms with van der Waals surface area (Å²) in [7, 11) is -9.93. The largest absolute Gasteiger partial charge is 0.472 e. The Hall–Kier alpha value is -2.72. The van der Waals surface area contributed by atoms with E-state index < -0.39 is 97.5 Å². The molecule has 0 aromatic rings. The maximum Gasteiger partial charge on any atom is 0.472 e. The fourth-order valence-corrected chi connectivity index (χ4v) is 12.3. The van der Waals surface area contributed by atoms with Crippen LogP contribution in [-0.2, 0) is 65.4 Å². The molecule has 552 valence electrons. The zero-order chi connectivity index (χ0) is 69.0. The number of ether oxygens (including phenoxy) is 4. The van der Waals surface area contributed by atoms with Crippen LogP contribution in [0.1, 0.15) is 362 Å². The van der Waals surface area contributed by atoms with Gasteiger partial charge in [-0.25, -0.2) is 9.13 Å². The van der Waals surface area contributed by atoms with Gasteiger partial charge < -0.3 is 33.8 Å². The molecule has 3 N–H and O–H groups in total. The first-order chi connectivity index (χ1) is 45.7. The minimum absolute atomic E-state index is 0.0860. The molecule has 0 aromatic carbocycles. The van der Waals surface area contributed by atoms with Crippen LogP contribution in [-0.4, -0.2) is 96.7 Å². The lowest BCUT2D eigenvalue weighted by molar-refractivity contribution is -0.161. The molecule has 0 rings (SSSR count). The van der Waals surface area contributed by atoms with E-state index in [-0.39, 0.29) is 25.7 Å². The van der Waals surface area contributed by atoms with Gasteiger partial charge >= 0.3 is 39.5 Å². The number of esters is 4. The quantitative estimate of drug-likeness (QED) is 0.0169. The van der Waals surface area contributed by atoms with E-state index in [1.165, 1.54) is 161 Å². The third-order valence-corrected chi connectivity index (χ3v) is 18.5. The highest BCUT2D eigenvalue weighted by molar-refractivity contribution is 7.47. The average Bonchev–Trinajstić information content (AvgIpc) is 2.26. The minimum atomic E-state index is -4.96. The molecule has 0 aliphatic rings. The Morgan fingerprint density at radius 1 is 0.298 bits per heavy atom. The van der Waals surface area contributed by atoms with Gasteiger partial charge in [-0.2, -0.15) is 0 Å². The maximum atomic E-state index is 13.1. The third-order valence-electron chi connectivity index (χ3n) is 16.6. The fraction of sp³-hybridized carbons (Fsp3) is 0.867. The van der Waals surface area contributed by atoms with Crippen molar-refractivity contribution in [1.29, 1.82) is 0 Å². The molecule has 5 atom stereocenters. The average molecular weight is 1380 g/mol. The molecule has 94 heavy (non-hydrogen) atoms. The van der Waals surface area contributed by atoms with Crippen LogP contribution < -0.4 is 0 Å². The van der Waals surface area contributed by atoms with Crippen molar-refractivity contribution in [1.82, 2.24) is 0 Å². The van der Waals surface area contributed by atoms with Crippen LogP contribution in [0.25, 0.3) is 0 Å². The van der Waals surface area contributed by atoms with Crippen molar-refractivity contribution in [3.8, 4) is 0 Å². The topological polar surface area (TPSA) is 237 Å². The lowest BCUT2D eigenvalue weighted by atomic mass is 10.0. The van der Waals surface area contributed by atoms with Gasteiger partial charge in [-0.15, -0.1) is 0 Å². The molecule has 0 radical (unpaired) electrons. The summed E-state index contributed by atoms with van der Waals surface area (Å²) in [6, 6.07) is 0. The van der Waals surface area contributed by atoms with Crippen LogP contribution in [0.15, 0.2) is 36.5 Å². The van der Waals surface area contributed by atoms with E-state index in [1.807, 2.05) is 0 Å². The number of unbranched alkanes of at least 4 members (excludes halogenated alkanes) is 41. The molecule has 0 aliphatic heterocycles.